The second-order valence-electron chi connectivity index (χ2n) is 6.87. The number of para-hydroxylation sites is 1. The van der Waals surface area contributed by atoms with E-state index in [0.717, 1.165) is 11.1 Å². The third-order valence-electron chi connectivity index (χ3n) is 5.00. The van der Waals surface area contributed by atoms with Crippen LogP contribution in [0.5, 0.6) is 5.75 Å². The number of rotatable bonds is 6. The van der Waals surface area contributed by atoms with Crippen LogP contribution in [0.4, 0.5) is 0 Å². The van der Waals surface area contributed by atoms with Crippen molar-refractivity contribution in [3.05, 3.63) is 72.1 Å². The molecule has 1 saturated heterocycles. The molecular formula is C22H22N2O4S2. The van der Waals surface area contributed by atoms with Crippen molar-refractivity contribution in [2.45, 2.75) is 4.21 Å². The van der Waals surface area contributed by atoms with Crippen LogP contribution in [0.3, 0.4) is 0 Å². The van der Waals surface area contributed by atoms with Crippen LogP contribution in [0.25, 0.3) is 11.1 Å². The Hall–Kier alpha value is -2.68. The maximum absolute atomic E-state index is 12.6. The molecule has 1 fully saturated rings. The van der Waals surface area contributed by atoms with Gasteiger partial charge >= 0.3 is 0 Å². The number of piperazine rings is 1. The van der Waals surface area contributed by atoms with Crippen LogP contribution in [-0.4, -0.2) is 56.3 Å². The van der Waals surface area contributed by atoms with E-state index in [0.29, 0.717) is 23.0 Å². The first kappa shape index (κ1) is 20.6. The summed E-state index contributed by atoms with van der Waals surface area (Å²) in [4.78, 5) is 14.3. The van der Waals surface area contributed by atoms with Gasteiger partial charge in [-0.1, -0.05) is 54.6 Å². The lowest BCUT2D eigenvalue weighted by atomic mass is 10.1. The van der Waals surface area contributed by atoms with Crippen molar-refractivity contribution in [2.24, 2.45) is 0 Å². The van der Waals surface area contributed by atoms with Crippen LogP contribution < -0.4 is 4.74 Å². The van der Waals surface area contributed by atoms with Gasteiger partial charge in [-0.2, -0.15) is 4.31 Å². The van der Waals surface area contributed by atoms with Gasteiger partial charge < -0.3 is 9.64 Å². The van der Waals surface area contributed by atoms with Gasteiger partial charge in [-0.3, -0.25) is 4.79 Å². The van der Waals surface area contributed by atoms with Gasteiger partial charge in [0.25, 0.3) is 15.9 Å². The lowest BCUT2D eigenvalue weighted by molar-refractivity contribution is -0.134. The van der Waals surface area contributed by atoms with Crippen LogP contribution in [0.2, 0.25) is 0 Å². The van der Waals surface area contributed by atoms with Gasteiger partial charge in [0.1, 0.15) is 9.96 Å². The highest BCUT2D eigenvalue weighted by Crippen LogP contribution is 2.29. The first-order chi connectivity index (χ1) is 14.6. The maximum Gasteiger partial charge on any atom is 0.260 e. The van der Waals surface area contributed by atoms with Crippen LogP contribution >= 0.6 is 11.3 Å². The third-order valence-corrected chi connectivity index (χ3v) is 8.28. The van der Waals surface area contributed by atoms with Crippen molar-refractivity contribution in [3.8, 4) is 16.9 Å². The standard InChI is InChI=1S/C22H22N2O4S2/c25-21(17-28-20-10-5-4-9-19(20)18-7-2-1-3-8-18)23-12-14-24(15-13-23)30(26,27)22-11-6-16-29-22/h1-11,16H,12-15,17H2. The Morgan fingerprint density at radius 1 is 0.900 bits per heavy atom. The second-order valence-corrected chi connectivity index (χ2v) is 9.98. The van der Waals surface area contributed by atoms with Gasteiger partial charge in [0.15, 0.2) is 6.61 Å². The summed E-state index contributed by atoms with van der Waals surface area (Å²) < 4.78 is 32.8. The molecule has 8 heteroatoms. The lowest BCUT2D eigenvalue weighted by Crippen LogP contribution is -2.51. The van der Waals surface area contributed by atoms with Gasteiger partial charge in [-0.25, -0.2) is 8.42 Å². The minimum absolute atomic E-state index is 0.0818. The van der Waals surface area contributed by atoms with E-state index in [9.17, 15) is 13.2 Å². The number of sulfonamides is 1. The van der Waals surface area contributed by atoms with Crippen LogP contribution in [0.15, 0.2) is 76.3 Å². The summed E-state index contributed by atoms with van der Waals surface area (Å²) in [7, 11) is -3.48. The van der Waals surface area contributed by atoms with Crippen molar-refractivity contribution < 1.29 is 17.9 Å². The fraction of sp³-hybridized carbons (Fsp3) is 0.227. The average molecular weight is 443 g/mol. The molecule has 6 nitrogen and oxygen atoms in total. The second kappa shape index (κ2) is 8.99. The van der Waals surface area contributed by atoms with Crippen molar-refractivity contribution in [2.75, 3.05) is 32.8 Å². The van der Waals surface area contributed by atoms with E-state index < -0.39 is 10.0 Å². The van der Waals surface area contributed by atoms with E-state index >= 15 is 0 Å². The van der Waals surface area contributed by atoms with Crippen molar-refractivity contribution in [3.63, 3.8) is 0 Å². The number of benzene rings is 2. The van der Waals surface area contributed by atoms with Gasteiger partial charge in [0.05, 0.1) is 0 Å². The van der Waals surface area contributed by atoms with Crippen molar-refractivity contribution >= 4 is 27.3 Å². The predicted octanol–water partition coefficient (Wildman–Crippen LogP) is 3.33. The summed E-state index contributed by atoms with van der Waals surface area (Å²) in [5.41, 5.74) is 1.95. The molecule has 0 bridgehead atoms. The van der Waals surface area contributed by atoms with Gasteiger partial charge in [-0.15, -0.1) is 11.3 Å². The van der Waals surface area contributed by atoms with Gasteiger partial charge in [0, 0.05) is 31.7 Å². The summed E-state index contributed by atoms with van der Waals surface area (Å²) >= 11 is 1.21. The Balaban J connectivity index is 1.36. The Kier molecular flexibility index (Phi) is 6.17. The summed E-state index contributed by atoms with van der Waals surface area (Å²) in [6, 6.07) is 20.8. The zero-order valence-corrected chi connectivity index (χ0v) is 17.9. The number of nitrogens with zero attached hydrogens (tertiary/aromatic N) is 2. The molecular weight excluding hydrogens is 420 g/mol. The van der Waals surface area contributed by atoms with E-state index in [1.165, 1.54) is 15.6 Å². The molecule has 0 atom stereocenters. The number of amides is 1. The summed E-state index contributed by atoms with van der Waals surface area (Å²) in [6.07, 6.45) is 0. The first-order valence-electron chi connectivity index (χ1n) is 9.64. The molecule has 0 saturated carbocycles. The smallest absolute Gasteiger partial charge is 0.260 e. The van der Waals surface area contributed by atoms with Crippen LogP contribution in [-0.2, 0) is 14.8 Å². The summed E-state index contributed by atoms with van der Waals surface area (Å²) in [5, 5.41) is 1.75. The molecule has 0 aliphatic carbocycles. The zero-order valence-electron chi connectivity index (χ0n) is 16.3. The van der Waals surface area contributed by atoms with E-state index in [1.54, 1.807) is 22.4 Å². The monoisotopic (exact) mass is 442 g/mol. The maximum atomic E-state index is 12.6. The highest BCUT2D eigenvalue weighted by atomic mass is 32.2. The van der Waals surface area contributed by atoms with Crippen LogP contribution in [0.1, 0.15) is 0 Å². The quantitative estimate of drug-likeness (QED) is 0.587. The van der Waals surface area contributed by atoms with Gasteiger partial charge in [-0.05, 0) is 23.1 Å². The van der Waals surface area contributed by atoms with E-state index in [1.807, 2.05) is 54.6 Å². The average Bonchev–Trinajstić information content (AvgIpc) is 3.34. The number of carbonyl (C=O) groups is 1. The Morgan fingerprint density at radius 3 is 2.30 bits per heavy atom. The minimum atomic E-state index is -3.48. The predicted molar refractivity (Wildman–Crippen MR) is 117 cm³/mol. The minimum Gasteiger partial charge on any atom is -0.483 e. The molecule has 0 unspecified atom stereocenters. The van der Waals surface area contributed by atoms with E-state index in [4.69, 9.17) is 4.74 Å². The van der Waals surface area contributed by atoms with E-state index in [2.05, 4.69) is 0 Å². The SMILES string of the molecule is O=C(COc1ccccc1-c1ccccc1)N1CCN(S(=O)(=O)c2cccs2)CC1. The highest BCUT2D eigenvalue weighted by Gasteiger charge is 2.30. The van der Waals surface area contributed by atoms with Crippen molar-refractivity contribution in [1.82, 2.24) is 9.21 Å². The van der Waals surface area contributed by atoms with Crippen LogP contribution in [0, 0.1) is 0 Å². The normalized spacial score (nSPS) is 15.1. The Labute approximate surface area is 180 Å². The number of carbonyl (C=O) groups excluding carboxylic acids is 1. The molecule has 4 rings (SSSR count). The fourth-order valence-electron chi connectivity index (χ4n) is 3.39. The molecule has 30 heavy (non-hydrogen) atoms. The molecule has 2 aromatic carbocycles. The van der Waals surface area contributed by atoms with Gasteiger partial charge in [0.2, 0.25) is 0 Å². The largest absolute Gasteiger partial charge is 0.483 e. The highest BCUT2D eigenvalue weighted by molar-refractivity contribution is 7.91. The fourth-order valence-corrected chi connectivity index (χ4v) is 5.96. The zero-order chi connectivity index (χ0) is 21.0. The number of hydrogen-bond donors (Lipinski definition) is 0. The van der Waals surface area contributed by atoms with E-state index in [-0.39, 0.29) is 25.6 Å². The number of ether oxygens (including phenoxy) is 1. The Morgan fingerprint density at radius 2 is 1.60 bits per heavy atom. The summed E-state index contributed by atoms with van der Waals surface area (Å²) in [5.74, 6) is 0.502. The van der Waals surface area contributed by atoms with Crippen molar-refractivity contribution in [1.29, 1.82) is 0 Å². The molecule has 1 aliphatic heterocycles. The number of thiophene rings is 1. The Bertz CT molecular complexity index is 1090. The third kappa shape index (κ3) is 4.40. The number of hydrogen-bond acceptors (Lipinski definition) is 5. The first-order valence-corrected chi connectivity index (χ1v) is 12.0. The molecule has 1 aromatic heterocycles. The molecule has 1 aliphatic rings. The molecule has 0 spiro atoms. The molecule has 1 amide bonds. The lowest BCUT2D eigenvalue weighted by Gasteiger charge is -2.33. The summed E-state index contributed by atoms with van der Waals surface area (Å²) in [6.45, 7) is 1.20. The molecule has 3 aromatic rings. The topological polar surface area (TPSA) is 66.9 Å². The molecule has 0 N–H and O–H groups in total. The molecule has 0 radical (unpaired) electrons. The molecule has 2 heterocycles. The molecule has 156 valence electrons.